The molecule has 0 spiro atoms. The first-order valence-electron chi connectivity index (χ1n) is 9.36. The summed E-state index contributed by atoms with van der Waals surface area (Å²) in [4.78, 5) is 39.4. The largest absolute Gasteiger partial charge is 0.351 e. The third-order valence-corrected chi connectivity index (χ3v) is 5.83. The molecule has 3 aliphatic rings. The first kappa shape index (κ1) is 17.1. The van der Waals surface area contributed by atoms with Gasteiger partial charge < -0.3 is 15.5 Å². The Kier molecular flexibility index (Phi) is 4.00. The van der Waals surface area contributed by atoms with Gasteiger partial charge in [-0.3, -0.25) is 19.1 Å². The summed E-state index contributed by atoms with van der Waals surface area (Å²) >= 11 is 0. The number of carbonyl (C=O) groups is 3. The molecule has 1 aromatic heterocycles. The van der Waals surface area contributed by atoms with Crippen molar-refractivity contribution in [1.82, 2.24) is 25.3 Å². The van der Waals surface area contributed by atoms with Crippen molar-refractivity contribution < 1.29 is 14.4 Å². The van der Waals surface area contributed by atoms with Crippen LogP contribution in [-0.2, 0) is 11.3 Å². The number of amides is 3. The minimum Gasteiger partial charge on any atom is -0.351 e. The van der Waals surface area contributed by atoms with Crippen molar-refractivity contribution in [2.45, 2.75) is 69.6 Å². The van der Waals surface area contributed by atoms with Crippen molar-refractivity contribution >= 4 is 17.7 Å². The van der Waals surface area contributed by atoms with E-state index in [9.17, 15) is 14.4 Å². The Balaban J connectivity index is 1.56. The van der Waals surface area contributed by atoms with Gasteiger partial charge in [0.05, 0.1) is 6.54 Å². The molecule has 3 amide bonds. The molecule has 8 heteroatoms. The van der Waals surface area contributed by atoms with Gasteiger partial charge in [-0.1, -0.05) is 12.8 Å². The minimum atomic E-state index is -1.02. The van der Waals surface area contributed by atoms with Crippen LogP contribution in [0, 0.1) is 0 Å². The molecule has 0 bridgehead atoms. The molecule has 1 atom stereocenters. The van der Waals surface area contributed by atoms with Gasteiger partial charge in [-0.05, 0) is 32.6 Å². The molecule has 1 aromatic rings. The van der Waals surface area contributed by atoms with Crippen LogP contribution in [0.5, 0.6) is 0 Å². The summed E-state index contributed by atoms with van der Waals surface area (Å²) in [5.41, 5.74) is -0.447. The van der Waals surface area contributed by atoms with Gasteiger partial charge >= 0.3 is 0 Å². The van der Waals surface area contributed by atoms with Crippen LogP contribution in [0.3, 0.4) is 0 Å². The summed E-state index contributed by atoms with van der Waals surface area (Å²) < 4.78 is 1.50. The highest BCUT2D eigenvalue weighted by Crippen LogP contribution is 2.28. The molecule has 0 saturated heterocycles. The smallest absolute Gasteiger partial charge is 0.272 e. The van der Waals surface area contributed by atoms with E-state index in [0.29, 0.717) is 5.69 Å². The zero-order valence-electron chi connectivity index (χ0n) is 15.2. The molecular formula is C18H25N5O3. The first-order chi connectivity index (χ1) is 12.4. The molecule has 2 aliphatic carbocycles. The summed E-state index contributed by atoms with van der Waals surface area (Å²) in [6, 6.07) is 1.93. The molecule has 0 radical (unpaired) electrons. The van der Waals surface area contributed by atoms with Gasteiger partial charge in [0.15, 0.2) is 5.69 Å². The quantitative estimate of drug-likeness (QED) is 0.826. The zero-order chi connectivity index (χ0) is 18.5. The number of aromatic nitrogens is 2. The minimum absolute atomic E-state index is 0.162. The van der Waals surface area contributed by atoms with Gasteiger partial charge in [-0.25, -0.2) is 0 Å². The number of hydrogen-bond donors (Lipinski definition) is 2. The molecule has 2 heterocycles. The summed E-state index contributed by atoms with van der Waals surface area (Å²) in [6.45, 7) is 1.99. The van der Waals surface area contributed by atoms with Gasteiger partial charge in [-0.2, -0.15) is 5.10 Å². The summed E-state index contributed by atoms with van der Waals surface area (Å²) in [5.74, 6) is -0.717. The number of rotatable bonds is 4. The van der Waals surface area contributed by atoms with Crippen LogP contribution in [0.1, 0.15) is 66.4 Å². The van der Waals surface area contributed by atoms with Gasteiger partial charge in [0.25, 0.3) is 11.8 Å². The van der Waals surface area contributed by atoms with Gasteiger partial charge in [0.1, 0.15) is 11.2 Å². The molecule has 4 rings (SSSR count). The maximum absolute atomic E-state index is 12.9. The fourth-order valence-electron chi connectivity index (χ4n) is 3.74. The lowest BCUT2D eigenvalue weighted by Gasteiger charge is -2.41. The van der Waals surface area contributed by atoms with Crippen LogP contribution < -0.4 is 10.6 Å². The van der Waals surface area contributed by atoms with E-state index in [-0.39, 0.29) is 42.0 Å². The van der Waals surface area contributed by atoms with E-state index < -0.39 is 5.54 Å². The normalized spacial score (nSPS) is 25.9. The van der Waals surface area contributed by atoms with E-state index in [0.717, 1.165) is 38.5 Å². The number of fused-ring (bicyclic) bond motifs is 1. The Labute approximate surface area is 152 Å². The lowest BCUT2D eigenvalue weighted by Crippen LogP contribution is -2.63. The van der Waals surface area contributed by atoms with Crippen molar-refractivity contribution in [3.63, 3.8) is 0 Å². The summed E-state index contributed by atoms with van der Waals surface area (Å²) in [5, 5.41) is 10.3. The lowest BCUT2D eigenvalue weighted by molar-refractivity contribution is -0.133. The molecule has 8 nitrogen and oxygen atoms in total. The topological polar surface area (TPSA) is 96.3 Å². The number of carbonyl (C=O) groups excluding carboxylic acids is 3. The molecule has 2 N–H and O–H groups in total. The second-order valence-electron chi connectivity index (χ2n) is 7.91. The van der Waals surface area contributed by atoms with E-state index in [1.54, 1.807) is 14.0 Å². The van der Waals surface area contributed by atoms with Crippen LogP contribution in [-0.4, -0.2) is 57.1 Å². The summed E-state index contributed by atoms with van der Waals surface area (Å²) in [6.07, 6.45) is 6.19. The predicted molar refractivity (Wildman–Crippen MR) is 93.6 cm³/mol. The fourth-order valence-corrected chi connectivity index (χ4v) is 3.74. The molecule has 26 heavy (non-hydrogen) atoms. The van der Waals surface area contributed by atoms with Crippen LogP contribution in [0.25, 0.3) is 0 Å². The van der Waals surface area contributed by atoms with Crippen LogP contribution >= 0.6 is 0 Å². The van der Waals surface area contributed by atoms with E-state index in [1.807, 2.05) is 0 Å². The Hall–Kier alpha value is -2.38. The Morgan fingerprint density at radius 1 is 1.15 bits per heavy atom. The second kappa shape index (κ2) is 6.10. The van der Waals surface area contributed by atoms with Crippen molar-refractivity contribution in [2.75, 3.05) is 7.05 Å². The molecule has 0 aromatic carbocycles. The maximum atomic E-state index is 12.9. The molecule has 2 saturated carbocycles. The Morgan fingerprint density at radius 2 is 1.81 bits per heavy atom. The van der Waals surface area contributed by atoms with Gasteiger partial charge in [-0.15, -0.1) is 0 Å². The molecule has 2 fully saturated rings. The number of hydrogen-bond acceptors (Lipinski definition) is 4. The number of nitrogens with one attached hydrogen (secondary N) is 2. The Morgan fingerprint density at radius 3 is 2.46 bits per heavy atom. The molecule has 1 aliphatic heterocycles. The summed E-state index contributed by atoms with van der Waals surface area (Å²) in [7, 11) is 1.64. The van der Waals surface area contributed by atoms with Crippen molar-refractivity contribution in [2.24, 2.45) is 0 Å². The monoisotopic (exact) mass is 359 g/mol. The van der Waals surface area contributed by atoms with Crippen molar-refractivity contribution in [3.8, 4) is 0 Å². The van der Waals surface area contributed by atoms with E-state index >= 15 is 0 Å². The molecule has 140 valence electrons. The third kappa shape index (κ3) is 2.87. The highest BCUT2D eigenvalue weighted by molar-refractivity contribution is 6.01. The van der Waals surface area contributed by atoms with Crippen LogP contribution in [0.4, 0.5) is 0 Å². The van der Waals surface area contributed by atoms with E-state index in [1.165, 1.54) is 15.6 Å². The van der Waals surface area contributed by atoms with Gasteiger partial charge in [0, 0.05) is 25.2 Å². The average Bonchev–Trinajstić information content (AvgIpc) is 3.09. The van der Waals surface area contributed by atoms with Crippen LogP contribution in [0.2, 0.25) is 0 Å². The van der Waals surface area contributed by atoms with Gasteiger partial charge in [0.2, 0.25) is 5.91 Å². The standard InChI is InChI=1S/C18H25N5O3/c1-18(17(26)20-11-5-3-4-6-11)10-23-14(16(25)22(18)2)9-13(21-23)15(24)19-12-7-8-12/h9,11-12H,3-8,10H2,1-2H3,(H,19,24)(H,20,26). The maximum Gasteiger partial charge on any atom is 0.272 e. The van der Waals surface area contributed by atoms with E-state index in [2.05, 4.69) is 15.7 Å². The van der Waals surface area contributed by atoms with Crippen molar-refractivity contribution in [3.05, 3.63) is 17.5 Å². The fraction of sp³-hybridized carbons (Fsp3) is 0.667. The van der Waals surface area contributed by atoms with E-state index in [4.69, 9.17) is 0 Å². The number of nitrogens with zero attached hydrogens (tertiary/aromatic N) is 3. The lowest BCUT2D eigenvalue weighted by atomic mass is 9.95. The number of likely N-dealkylation sites (N-methyl/N-ethyl adjacent to an activating group) is 1. The molecular weight excluding hydrogens is 334 g/mol. The zero-order valence-corrected chi connectivity index (χ0v) is 15.2. The second-order valence-corrected chi connectivity index (χ2v) is 7.91. The average molecular weight is 359 g/mol. The predicted octanol–water partition coefficient (Wildman–Crippen LogP) is 0.678. The first-order valence-corrected chi connectivity index (χ1v) is 9.36. The van der Waals surface area contributed by atoms with Crippen LogP contribution in [0.15, 0.2) is 6.07 Å². The highest BCUT2D eigenvalue weighted by atomic mass is 16.2. The third-order valence-electron chi connectivity index (χ3n) is 5.83. The van der Waals surface area contributed by atoms with Crippen molar-refractivity contribution in [1.29, 1.82) is 0 Å². The Bertz CT molecular complexity index is 763. The molecule has 1 unspecified atom stereocenters. The highest BCUT2D eigenvalue weighted by Gasteiger charge is 2.47. The SMILES string of the molecule is CN1C(=O)c2cc(C(=O)NC3CC3)nn2CC1(C)C(=O)NC1CCCC1.